The summed E-state index contributed by atoms with van der Waals surface area (Å²) in [5.41, 5.74) is 0.976. The number of benzene rings is 1. The highest BCUT2D eigenvalue weighted by molar-refractivity contribution is 5.94. The summed E-state index contributed by atoms with van der Waals surface area (Å²) in [7, 11) is 0. The van der Waals surface area contributed by atoms with Crippen LogP contribution < -0.4 is 4.74 Å². The van der Waals surface area contributed by atoms with E-state index in [9.17, 15) is 4.79 Å². The minimum absolute atomic E-state index is 0.116. The fourth-order valence-electron chi connectivity index (χ4n) is 1.77. The number of rotatable bonds is 3. The van der Waals surface area contributed by atoms with Crippen molar-refractivity contribution < 1.29 is 19.4 Å². The Bertz CT molecular complexity index is 571. The maximum atomic E-state index is 10.8. The van der Waals surface area contributed by atoms with E-state index in [4.69, 9.17) is 14.6 Å². The molecule has 17 heavy (non-hydrogen) atoms. The topological polar surface area (TPSA) is 71.6 Å². The van der Waals surface area contributed by atoms with E-state index >= 15 is 0 Å². The molecule has 0 amide bonds. The van der Waals surface area contributed by atoms with Crippen molar-refractivity contribution in [1.82, 2.24) is 4.98 Å². The molecular formula is C12H11NO4. The Morgan fingerprint density at radius 2 is 2.24 bits per heavy atom. The lowest BCUT2D eigenvalue weighted by Crippen LogP contribution is -2.38. The number of hydrogen-bond donors (Lipinski definition) is 2. The number of H-pyrrole nitrogens is 1. The first kappa shape index (κ1) is 10.2. The molecular weight excluding hydrogens is 222 g/mol. The molecule has 2 heterocycles. The van der Waals surface area contributed by atoms with Gasteiger partial charge in [-0.1, -0.05) is 0 Å². The highest BCUT2D eigenvalue weighted by Gasteiger charge is 2.20. The van der Waals surface area contributed by atoms with Crippen LogP contribution in [0.5, 0.6) is 5.75 Å². The lowest BCUT2D eigenvalue weighted by Gasteiger charge is -2.26. The van der Waals surface area contributed by atoms with Crippen LogP contribution in [0.2, 0.25) is 0 Å². The van der Waals surface area contributed by atoms with Crippen LogP contribution in [0.1, 0.15) is 10.5 Å². The molecule has 0 unspecified atom stereocenters. The third kappa shape index (κ3) is 1.85. The van der Waals surface area contributed by atoms with Gasteiger partial charge >= 0.3 is 5.97 Å². The van der Waals surface area contributed by atoms with Gasteiger partial charge in [0.05, 0.1) is 13.2 Å². The fourth-order valence-corrected chi connectivity index (χ4v) is 1.77. The number of aromatic carboxylic acids is 1. The number of fused-ring (bicyclic) bond motifs is 1. The zero-order chi connectivity index (χ0) is 11.8. The van der Waals surface area contributed by atoms with Crippen molar-refractivity contribution >= 4 is 16.9 Å². The van der Waals surface area contributed by atoms with E-state index in [1.165, 1.54) is 0 Å². The molecule has 0 radical (unpaired) electrons. The van der Waals surface area contributed by atoms with Gasteiger partial charge in [-0.05, 0) is 24.3 Å². The number of hydrogen-bond acceptors (Lipinski definition) is 3. The third-order valence-electron chi connectivity index (χ3n) is 2.73. The van der Waals surface area contributed by atoms with E-state index in [0.29, 0.717) is 13.2 Å². The summed E-state index contributed by atoms with van der Waals surface area (Å²) in [4.78, 5) is 13.6. The van der Waals surface area contributed by atoms with E-state index < -0.39 is 5.97 Å². The van der Waals surface area contributed by atoms with Crippen LogP contribution in [0.3, 0.4) is 0 Å². The summed E-state index contributed by atoms with van der Waals surface area (Å²) in [5.74, 6) is -0.224. The molecule has 0 saturated carbocycles. The Hall–Kier alpha value is -2.01. The molecule has 5 nitrogen and oxygen atoms in total. The SMILES string of the molecule is O=C(O)c1cc2cc(OC3COC3)ccc2[nH]1. The molecule has 1 aliphatic heterocycles. The molecule has 1 aliphatic rings. The summed E-state index contributed by atoms with van der Waals surface area (Å²) in [6, 6.07) is 7.07. The van der Waals surface area contributed by atoms with E-state index in [1.54, 1.807) is 6.07 Å². The molecule has 0 aliphatic carbocycles. The van der Waals surface area contributed by atoms with Crippen molar-refractivity contribution in [2.24, 2.45) is 0 Å². The maximum Gasteiger partial charge on any atom is 0.352 e. The van der Waals surface area contributed by atoms with Gasteiger partial charge in [0.25, 0.3) is 0 Å². The monoisotopic (exact) mass is 233 g/mol. The van der Waals surface area contributed by atoms with E-state index in [0.717, 1.165) is 16.7 Å². The summed E-state index contributed by atoms with van der Waals surface area (Å²) in [6.07, 6.45) is 0.116. The lowest BCUT2D eigenvalue weighted by molar-refractivity contribution is -0.0796. The molecule has 5 heteroatoms. The fraction of sp³-hybridized carbons (Fsp3) is 0.250. The van der Waals surface area contributed by atoms with Crippen molar-refractivity contribution in [3.63, 3.8) is 0 Å². The first-order valence-electron chi connectivity index (χ1n) is 5.33. The zero-order valence-corrected chi connectivity index (χ0v) is 8.97. The van der Waals surface area contributed by atoms with Crippen molar-refractivity contribution in [3.8, 4) is 5.75 Å². The third-order valence-corrected chi connectivity index (χ3v) is 2.73. The average Bonchev–Trinajstić information content (AvgIpc) is 2.66. The molecule has 0 atom stereocenters. The number of aromatic nitrogens is 1. The van der Waals surface area contributed by atoms with Gasteiger partial charge < -0.3 is 19.6 Å². The lowest BCUT2D eigenvalue weighted by atomic mass is 10.2. The van der Waals surface area contributed by atoms with E-state index in [-0.39, 0.29) is 11.8 Å². The molecule has 0 spiro atoms. The Morgan fingerprint density at radius 1 is 1.41 bits per heavy atom. The molecule has 2 N–H and O–H groups in total. The molecule has 1 saturated heterocycles. The second-order valence-corrected chi connectivity index (χ2v) is 4.01. The highest BCUT2D eigenvalue weighted by Crippen LogP contribution is 2.23. The summed E-state index contributed by atoms with van der Waals surface area (Å²) in [6.45, 7) is 1.23. The zero-order valence-electron chi connectivity index (χ0n) is 8.97. The van der Waals surface area contributed by atoms with Crippen LogP contribution in [0.25, 0.3) is 10.9 Å². The van der Waals surface area contributed by atoms with Crippen LogP contribution in [-0.4, -0.2) is 35.4 Å². The summed E-state index contributed by atoms with van der Waals surface area (Å²) in [5, 5.41) is 9.70. The number of nitrogens with one attached hydrogen (secondary N) is 1. The smallest absolute Gasteiger partial charge is 0.352 e. The second kappa shape index (κ2) is 3.78. The van der Waals surface area contributed by atoms with E-state index in [2.05, 4.69) is 4.98 Å². The quantitative estimate of drug-likeness (QED) is 0.845. The Balaban J connectivity index is 1.91. The van der Waals surface area contributed by atoms with Crippen molar-refractivity contribution in [2.45, 2.75) is 6.10 Å². The van der Waals surface area contributed by atoms with Crippen LogP contribution in [-0.2, 0) is 4.74 Å². The summed E-state index contributed by atoms with van der Waals surface area (Å²) >= 11 is 0. The predicted molar refractivity (Wildman–Crippen MR) is 60.5 cm³/mol. The van der Waals surface area contributed by atoms with Gasteiger partial charge in [-0.3, -0.25) is 0 Å². The number of carboxylic acid groups (broad SMARTS) is 1. The number of carbonyl (C=O) groups is 1. The van der Waals surface area contributed by atoms with Gasteiger partial charge in [0.15, 0.2) is 0 Å². The minimum atomic E-state index is -0.962. The predicted octanol–water partition coefficient (Wildman–Crippen LogP) is 1.64. The highest BCUT2D eigenvalue weighted by atomic mass is 16.6. The van der Waals surface area contributed by atoms with Gasteiger partial charge in [0.2, 0.25) is 0 Å². The van der Waals surface area contributed by atoms with Crippen molar-refractivity contribution in [3.05, 3.63) is 30.0 Å². The Morgan fingerprint density at radius 3 is 2.88 bits per heavy atom. The Kier molecular flexibility index (Phi) is 2.26. The average molecular weight is 233 g/mol. The summed E-state index contributed by atoms with van der Waals surface area (Å²) < 4.78 is 10.7. The number of carboxylic acids is 1. The normalized spacial score (nSPS) is 15.8. The molecule has 88 valence electrons. The van der Waals surface area contributed by atoms with Gasteiger partial charge in [-0.15, -0.1) is 0 Å². The van der Waals surface area contributed by atoms with Crippen LogP contribution in [0.15, 0.2) is 24.3 Å². The molecule has 1 aromatic heterocycles. The first-order valence-corrected chi connectivity index (χ1v) is 5.33. The van der Waals surface area contributed by atoms with E-state index in [1.807, 2.05) is 18.2 Å². The van der Waals surface area contributed by atoms with Gasteiger partial charge in [0.1, 0.15) is 17.5 Å². The van der Waals surface area contributed by atoms with Crippen molar-refractivity contribution in [2.75, 3.05) is 13.2 Å². The standard InChI is InChI=1S/C12H11NO4/c14-12(15)11-4-7-3-8(1-2-10(7)13-11)17-9-5-16-6-9/h1-4,9,13H,5-6H2,(H,14,15). The van der Waals surface area contributed by atoms with Gasteiger partial charge in [-0.25, -0.2) is 4.79 Å². The van der Waals surface area contributed by atoms with Gasteiger partial charge in [0, 0.05) is 10.9 Å². The van der Waals surface area contributed by atoms with Crippen molar-refractivity contribution in [1.29, 1.82) is 0 Å². The number of ether oxygens (including phenoxy) is 2. The molecule has 1 aromatic carbocycles. The number of aromatic amines is 1. The molecule has 2 aromatic rings. The molecule has 3 rings (SSSR count). The van der Waals surface area contributed by atoms with Gasteiger partial charge in [-0.2, -0.15) is 0 Å². The van der Waals surface area contributed by atoms with Crippen LogP contribution >= 0.6 is 0 Å². The maximum absolute atomic E-state index is 10.8. The molecule has 0 bridgehead atoms. The minimum Gasteiger partial charge on any atom is -0.486 e. The largest absolute Gasteiger partial charge is 0.486 e. The Labute approximate surface area is 97.0 Å². The molecule has 1 fully saturated rings. The first-order chi connectivity index (χ1) is 8.22. The second-order valence-electron chi connectivity index (χ2n) is 4.01. The van der Waals surface area contributed by atoms with Crippen LogP contribution in [0, 0.1) is 0 Å². The van der Waals surface area contributed by atoms with Crippen LogP contribution in [0.4, 0.5) is 0 Å².